The highest BCUT2D eigenvalue weighted by Gasteiger charge is 2.41. The second-order valence-corrected chi connectivity index (χ2v) is 6.02. The molecule has 1 unspecified atom stereocenters. The van der Waals surface area contributed by atoms with Gasteiger partial charge in [0.25, 0.3) is 0 Å². The molecule has 0 spiro atoms. The quantitative estimate of drug-likeness (QED) is 0.864. The molecule has 0 aliphatic heterocycles. The fraction of sp³-hybridized carbons (Fsp3) is 0.647. The van der Waals surface area contributed by atoms with E-state index in [0.29, 0.717) is 12.0 Å². The van der Waals surface area contributed by atoms with E-state index in [0.717, 1.165) is 12.8 Å². The molecule has 1 aromatic rings. The van der Waals surface area contributed by atoms with Crippen molar-refractivity contribution in [1.29, 1.82) is 0 Å². The maximum absolute atomic E-state index is 5.92. The van der Waals surface area contributed by atoms with Crippen LogP contribution < -0.4 is 5.32 Å². The Bertz CT molecular complexity index is 390. The largest absolute Gasteiger partial charge is 0.376 e. The third-order valence-corrected chi connectivity index (χ3v) is 4.61. The first kappa shape index (κ1) is 14.5. The van der Waals surface area contributed by atoms with Gasteiger partial charge in [0, 0.05) is 7.11 Å². The van der Waals surface area contributed by atoms with Gasteiger partial charge in [0.1, 0.15) is 0 Å². The zero-order valence-electron chi connectivity index (χ0n) is 12.7. The topological polar surface area (TPSA) is 21.3 Å². The molecule has 1 aliphatic rings. The normalized spacial score (nSPS) is 19.8. The Morgan fingerprint density at radius 3 is 2.00 bits per heavy atom. The molecule has 1 fully saturated rings. The van der Waals surface area contributed by atoms with E-state index < -0.39 is 0 Å². The summed E-state index contributed by atoms with van der Waals surface area (Å²) < 4.78 is 5.92. The van der Waals surface area contributed by atoms with Crippen LogP contribution in [0.5, 0.6) is 0 Å². The predicted molar refractivity (Wildman–Crippen MR) is 80.5 cm³/mol. The van der Waals surface area contributed by atoms with Gasteiger partial charge >= 0.3 is 0 Å². The van der Waals surface area contributed by atoms with Crippen molar-refractivity contribution in [3.05, 3.63) is 35.4 Å². The van der Waals surface area contributed by atoms with Gasteiger partial charge in [-0.15, -0.1) is 0 Å². The lowest BCUT2D eigenvalue weighted by Gasteiger charge is -2.36. The molecule has 2 nitrogen and oxygen atoms in total. The van der Waals surface area contributed by atoms with Crippen molar-refractivity contribution in [2.45, 2.75) is 57.1 Å². The molecule has 1 aliphatic carbocycles. The summed E-state index contributed by atoms with van der Waals surface area (Å²) in [6.07, 6.45) is 4.86. The highest BCUT2D eigenvalue weighted by Crippen LogP contribution is 2.42. The Labute approximate surface area is 117 Å². The van der Waals surface area contributed by atoms with Crippen molar-refractivity contribution in [1.82, 2.24) is 5.32 Å². The van der Waals surface area contributed by atoms with Gasteiger partial charge in [-0.25, -0.2) is 0 Å². The number of hydrogen-bond donors (Lipinski definition) is 1. The van der Waals surface area contributed by atoms with Crippen molar-refractivity contribution in [2.75, 3.05) is 14.2 Å². The molecular weight excluding hydrogens is 234 g/mol. The first-order valence-electron chi connectivity index (χ1n) is 7.45. The van der Waals surface area contributed by atoms with Gasteiger partial charge in [-0.3, -0.25) is 0 Å². The third-order valence-electron chi connectivity index (χ3n) is 4.61. The lowest BCUT2D eigenvalue weighted by Crippen LogP contribution is -2.42. The Kier molecular flexibility index (Phi) is 4.64. The number of nitrogens with one attached hydrogen (secondary N) is 1. The van der Waals surface area contributed by atoms with Crippen molar-refractivity contribution >= 4 is 0 Å². The highest BCUT2D eigenvalue weighted by atomic mass is 16.5. The Morgan fingerprint density at radius 1 is 1.05 bits per heavy atom. The van der Waals surface area contributed by atoms with E-state index in [1.165, 1.54) is 24.0 Å². The standard InChI is InChI=1S/C17H27NO/c1-13(2)14-7-9-15(10-8-14)16(18-3)17(19-4)11-5-6-12-17/h7-10,13,16,18H,5-6,11-12H2,1-4H3. The molecule has 1 N–H and O–H groups in total. The molecule has 1 aromatic carbocycles. The number of ether oxygens (including phenoxy) is 1. The molecule has 1 atom stereocenters. The second-order valence-electron chi connectivity index (χ2n) is 6.02. The Hall–Kier alpha value is -0.860. The molecule has 0 bridgehead atoms. The summed E-state index contributed by atoms with van der Waals surface area (Å²) in [5, 5.41) is 3.48. The molecule has 2 heteroatoms. The van der Waals surface area contributed by atoms with Crippen LogP contribution in [0.15, 0.2) is 24.3 Å². The summed E-state index contributed by atoms with van der Waals surface area (Å²) in [6.45, 7) is 4.47. The van der Waals surface area contributed by atoms with Gasteiger partial charge in [-0.05, 0) is 36.9 Å². The van der Waals surface area contributed by atoms with Crippen LogP contribution in [0, 0.1) is 0 Å². The van der Waals surface area contributed by atoms with Crippen LogP contribution in [0.3, 0.4) is 0 Å². The summed E-state index contributed by atoms with van der Waals surface area (Å²) in [5.41, 5.74) is 2.72. The summed E-state index contributed by atoms with van der Waals surface area (Å²) in [5.74, 6) is 0.588. The monoisotopic (exact) mass is 261 g/mol. The van der Waals surface area contributed by atoms with Crippen molar-refractivity contribution in [3.8, 4) is 0 Å². The Morgan fingerprint density at radius 2 is 1.58 bits per heavy atom. The minimum atomic E-state index is -0.0197. The van der Waals surface area contributed by atoms with Gasteiger partial charge < -0.3 is 10.1 Å². The Balaban J connectivity index is 2.26. The van der Waals surface area contributed by atoms with Gasteiger partial charge in [0.2, 0.25) is 0 Å². The van der Waals surface area contributed by atoms with E-state index in [4.69, 9.17) is 4.74 Å². The van der Waals surface area contributed by atoms with Gasteiger partial charge in [0.15, 0.2) is 0 Å². The van der Waals surface area contributed by atoms with Crippen molar-refractivity contribution in [3.63, 3.8) is 0 Å². The van der Waals surface area contributed by atoms with Crippen LogP contribution >= 0.6 is 0 Å². The molecule has 19 heavy (non-hydrogen) atoms. The van der Waals surface area contributed by atoms with Crippen LogP contribution in [-0.4, -0.2) is 19.8 Å². The van der Waals surface area contributed by atoms with Crippen LogP contribution in [0.25, 0.3) is 0 Å². The van der Waals surface area contributed by atoms with Crippen LogP contribution in [0.1, 0.15) is 62.6 Å². The molecule has 0 saturated heterocycles. The summed E-state index contributed by atoms with van der Waals surface area (Å²) in [6, 6.07) is 9.32. The van der Waals surface area contributed by atoms with E-state index in [-0.39, 0.29) is 5.60 Å². The van der Waals surface area contributed by atoms with Crippen LogP contribution in [-0.2, 0) is 4.74 Å². The van der Waals surface area contributed by atoms with Gasteiger partial charge in [-0.2, -0.15) is 0 Å². The molecule has 106 valence electrons. The van der Waals surface area contributed by atoms with Crippen LogP contribution in [0.4, 0.5) is 0 Å². The molecule has 1 saturated carbocycles. The SMILES string of the molecule is CNC(c1ccc(C(C)C)cc1)C1(OC)CCCC1. The first-order valence-corrected chi connectivity index (χ1v) is 7.45. The average molecular weight is 261 g/mol. The van der Waals surface area contributed by atoms with Crippen molar-refractivity contribution in [2.24, 2.45) is 0 Å². The van der Waals surface area contributed by atoms with Gasteiger partial charge in [-0.1, -0.05) is 51.0 Å². The van der Waals surface area contributed by atoms with Crippen LogP contribution in [0.2, 0.25) is 0 Å². The number of rotatable bonds is 5. The number of likely N-dealkylation sites (N-methyl/N-ethyl adjacent to an activating group) is 1. The average Bonchev–Trinajstić information content (AvgIpc) is 2.90. The fourth-order valence-electron chi connectivity index (χ4n) is 3.39. The van der Waals surface area contributed by atoms with E-state index >= 15 is 0 Å². The summed E-state index contributed by atoms with van der Waals surface area (Å²) in [7, 11) is 3.90. The molecule has 0 radical (unpaired) electrons. The number of methoxy groups -OCH3 is 1. The van der Waals surface area contributed by atoms with Gasteiger partial charge in [0.05, 0.1) is 11.6 Å². The summed E-state index contributed by atoms with van der Waals surface area (Å²) >= 11 is 0. The second kappa shape index (κ2) is 6.06. The molecule has 0 aromatic heterocycles. The first-order chi connectivity index (χ1) is 9.13. The van der Waals surface area contributed by atoms with E-state index in [2.05, 4.69) is 43.4 Å². The molecule has 2 rings (SSSR count). The smallest absolute Gasteiger partial charge is 0.0872 e. The van der Waals surface area contributed by atoms with Crippen molar-refractivity contribution < 1.29 is 4.74 Å². The minimum absolute atomic E-state index is 0.0197. The zero-order valence-corrected chi connectivity index (χ0v) is 12.7. The zero-order chi connectivity index (χ0) is 13.9. The third kappa shape index (κ3) is 2.85. The molecule has 0 amide bonds. The predicted octanol–water partition coefficient (Wildman–Crippen LogP) is 4.03. The lowest BCUT2D eigenvalue weighted by molar-refractivity contribution is -0.0349. The highest BCUT2D eigenvalue weighted by molar-refractivity contribution is 5.29. The van der Waals surface area contributed by atoms with E-state index in [9.17, 15) is 0 Å². The number of benzene rings is 1. The maximum Gasteiger partial charge on any atom is 0.0872 e. The fourth-order valence-corrected chi connectivity index (χ4v) is 3.39. The molecular formula is C17H27NO. The minimum Gasteiger partial charge on any atom is -0.376 e. The maximum atomic E-state index is 5.92. The number of hydrogen-bond acceptors (Lipinski definition) is 2. The van der Waals surface area contributed by atoms with E-state index in [1.807, 2.05) is 14.2 Å². The summed E-state index contributed by atoms with van der Waals surface area (Å²) in [4.78, 5) is 0. The molecule has 0 heterocycles. The lowest BCUT2D eigenvalue weighted by atomic mass is 9.86. The van der Waals surface area contributed by atoms with E-state index in [1.54, 1.807) is 0 Å².